The van der Waals surface area contributed by atoms with Crippen molar-refractivity contribution < 1.29 is 14.3 Å². The highest BCUT2D eigenvalue weighted by Gasteiger charge is 2.31. The molecule has 0 bridgehead atoms. The molecule has 4 nitrogen and oxygen atoms in total. The van der Waals surface area contributed by atoms with Crippen LogP contribution in [-0.4, -0.2) is 19.0 Å². The van der Waals surface area contributed by atoms with Crippen LogP contribution in [0.1, 0.15) is 12.5 Å². The Morgan fingerprint density at radius 3 is 2.75 bits per heavy atom. The van der Waals surface area contributed by atoms with Crippen molar-refractivity contribution in [1.29, 1.82) is 0 Å². The Morgan fingerprint density at radius 2 is 2.19 bits per heavy atom. The van der Waals surface area contributed by atoms with E-state index < -0.39 is 6.10 Å². The second kappa shape index (κ2) is 3.89. The van der Waals surface area contributed by atoms with E-state index in [0.717, 1.165) is 5.56 Å². The lowest BCUT2D eigenvalue weighted by molar-refractivity contribution is -0.119. The van der Waals surface area contributed by atoms with Crippen LogP contribution in [0.4, 0.5) is 0 Å². The van der Waals surface area contributed by atoms with Gasteiger partial charge in [-0.05, 0) is 24.6 Å². The first kappa shape index (κ1) is 10.5. The largest absolute Gasteiger partial charge is 0.497 e. The molecule has 0 aliphatic carbocycles. The molecule has 2 rings (SSSR count). The molecule has 0 radical (unpaired) electrons. The zero-order chi connectivity index (χ0) is 11.7. The fourth-order valence-electron chi connectivity index (χ4n) is 1.69. The minimum atomic E-state index is -0.499. The lowest BCUT2D eigenvalue weighted by atomic mass is 10.0. The van der Waals surface area contributed by atoms with Gasteiger partial charge in [0.05, 0.1) is 12.7 Å². The third-order valence-electron chi connectivity index (χ3n) is 2.52. The molecular formula is C12H13NO3. The number of methoxy groups -OCH3 is 1. The predicted molar refractivity (Wildman–Crippen MR) is 59.7 cm³/mol. The molecule has 2 N–H and O–H groups in total. The normalized spacial score (nSPS) is 19.9. The van der Waals surface area contributed by atoms with Crippen molar-refractivity contribution in [3.8, 4) is 5.75 Å². The van der Waals surface area contributed by atoms with Gasteiger partial charge in [-0.2, -0.15) is 0 Å². The van der Waals surface area contributed by atoms with Gasteiger partial charge in [-0.15, -0.1) is 0 Å². The van der Waals surface area contributed by atoms with Crippen molar-refractivity contribution in [2.45, 2.75) is 13.0 Å². The minimum Gasteiger partial charge on any atom is -0.497 e. The van der Waals surface area contributed by atoms with Gasteiger partial charge >= 0.3 is 0 Å². The highest BCUT2D eigenvalue weighted by Crippen LogP contribution is 2.29. The highest BCUT2D eigenvalue weighted by atomic mass is 16.5. The molecule has 0 saturated heterocycles. The van der Waals surface area contributed by atoms with Gasteiger partial charge in [-0.1, -0.05) is 12.1 Å². The van der Waals surface area contributed by atoms with Crippen molar-refractivity contribution in [3.05, 3.63) is 35.7 Å². The van der Waals surface area contributed by atoms with Crippen LogP contribution in [0.5, 0.6) is 5.75 Å². The summed E-state index contributed by atoms with van der Waals surface area (Å²) in [5.41, 5.74) is 6.84. The Morgan fingerprint density at radius 1 is 1.44 bits per heavy atom. The van der Waals surface area contributed by atoms with Crippen LogP contribution in [0.25, 0.3) is 5.57 Å². The average molecular weight is 219 g/mol. The SMILES string of the molecule is COc1cccc(C2=C(N)OC(C)C2=O)c1. The molecular weight excluding hydrogens is 206 g/mol. The average Bonchev–Trinajstić information content (AvgIpc) is 2.53. The first-order chi connectivity index (χ1) is 7.63. The van der Waals surface area contributed by atoms with Gasteiger partial charge in [0.25, 0.3) is 0 Å². The molecule has 4 heteroatoms. The third kappa shape index (κ3) is 1.62. The summed E-state index contributed by atoms with van der Waals surface area (Å²) in [7, 11) is 1.58. The van der Waals surface area contributed by atoms with E-state index in [1.165, 1.54) is 0 Å². The summed E-state index contributed by atoms with van der Waals surface area (Å²) in [4.78, 5) is 11.8. The standard InChI is InChI=1S/C12H13NO3/c1-7-11(14)10(12(13)16-7)8-4-3-5-9(6-8)15-2/h3-7H,13H2,1-2H3. The number of rotatable bonds is 2. The minimum absolute atomic E-state index is 0.0919. The fraction of sp³-hybridized carbons (Fsp3) is 0.250. The Balaban J connectivity index is 2.44. The van der Waals surface area contributed by atoms with Crippen LogP contribution in [0.2, 0.25) is 0 Å². The van der Waals surface area contributed by atoms with Crippen molar-refractivity contribution in [2.24, 2.45) is 5.73 Å². The molecule has 16 heavy (non-hydrogen) atoms. The quantitative estimate of drug-likeness (QED) is 0.814. The van der Waals surface area contributed by atoms with Gasteiger partial charge in [0, 0.05) is 0 Å². The number of nitrogens with two attached hydrogens (primary N) is 1. The monoisotopic (exact) mass is 219 g/mol. The van der Waals surface area contributed by atoms with Crippen molar-refractivity contribution >= 4 is 11.4 Å². The van der Waals surface area contributed by atoms with Crippen LogP contribution in [0, 0.1) is 0 Å². The van der Waals surface area contributed by atoms with E-state index in [-0.39, 0.29) is 11.7 Å². The number of Topliss-reactive ketones (excluding diaryl/α,β-unsaturated/α-hetero) is 1. The summed E-state index contributed by atoms with van der Waals surface area (Å²) in [6.45, 7) is 1.68. The molecule has 0 fully saturated rings. The smallest absolute Gasteiger partial charge is 0.209 e. The molecule has 1 unspecified atom stereocenters. The van der Waals surface area contributed by atoms with Gasteiger partial charge < -0.3 is 15.2 Å². The predicted octanol–water partition coefficient (Wildman–Crippen LogP) is 1.31. The molecule has 1 aliphatic heterocycles. The number of carbonyl (C=O) groups is 1. The fourth-order valence-corrected chi connectivity index (χ4v) is 1.69. The number of ketones is 1. The number of benzene rings is 1. The third-order valence-corrected chi connectivity index (χ3v) is 2.52. The van der Waals surface area contributed by atoms with Crippen molar-refractivity contribution in [2.75, 3.05) is 7.11 Å². The Labute approximate surface area is 93.7 Å². The molecule has 1 aromatic carbocycles. The van der Waals surface area contributed by atoms with Crippen LogP contribution in [0.3, 0.4) is 0 Å². The molecule has 1 heterocycles. The zero-order valence-corrected chi connectivity index (χ0v) is 9.19. The Kier molecular flexibility index (Phi) is 2.56. The van der Waals surface area contributed by atoms with E-state index in [2.05, 4.69) is 0 Å². The van der Waals surface area contributed by atoms with E-state index >= 15 is 0 Å². The first-order valence-corrected chi connectivity index (χ1v) is 4.98. The van der Waals surface area contributed by atoms with Crippen LogP contribution >= 0.6 is 0 Å². The number of carbonyl (C=O) groups excluding carboxylic acids is 1. The first-order valence-electron chi connectivity index (χ1n) is 4.98. The summed E-state index contributed by atoms with van der Waals surface area (Å²) in [5, 5.41) is 0. The Hall–Kier alpha value is -1.97. The molecule has 1 aliphatic rings. The summed E-state index contributed by atoms with van der Waals surface area (Å²) >= 11 is 0. The van der Waals surface area contributed by atoms with E-state index in [1.54, 1.807) is 20.1 Å². The second-order valence-corrected chi connectivity index (χ2v) is 3.60. The molecule has 1 atom stereocenters. The maximum absolute atomic E-state index is 11.8. The van der Waals surface area contributed by atoms with E-state index in [4.69, 9.17) is 15.2 Å². The summed E-state index contributed by atoms with van der Waals surface area (Å²) in [5.74, 6) is 0.779. The van der Waals surface area contributed by atoms with Crippen LogP contribution in [-0.2, 0) is 9.53 Å². The number of hydrogen-bond acceptors (Lipinski definition) is 4. The van der Waals surface area contributed by atoms with Gasteiger partial charge in [0.15, 0.2) is 12.0 Å². The number of hydrogen-bond donors (Lipinski definition) is 1. The molecule has 0 saturated carbocycles. The van der Waals surface area contributed by atoms with E-state index in [1.807, 2.05) is 18.2 Å². The lowest BCUT2D eigenvalue weighted by Crippen LogP contribution is -2.13. The van der Waals surface area contributed by atoms with Crippen molar-refractivity contribution in [1.82, 2.24) is 0 Å². The maximum atomic E-state index is 11.8. The van der Waals surface area contributed by atoms with Crippen molar-refractivity contribution in [3.63, 3.8) is 0 Å². The lowest BCUT2D eigenvalue weighted by Gasteiger charge is -2.04. The molecule has 0 spiro atoms. The Bertz CT molecular complexity index is 465. The summed E-state index contributed by atoms with van der Waals surface area (Å²) in [6.07, 6.45) is -0.499. The molecule has 0 aromatic heterocycles. The number of ether oxygens (including phenoxy) is 2. The van der Waals surface area contributed by atoms with Crippen LogP contribution < -0.4 is 10.5 Å². The molecule has 0 amide bonds. The second-order valence-electron chi connectivity index (χ2n) is 3.60. The maximum Gasteiger partial charge on any atom is 0.209 e. The molecule has 1 aromatic rings. The zero-order valence-electron chi connectivity index (χ0n) is 9.19. The highest BCUT2D eigenvalue weighted by molar-refractivity contribution is 6.24. The van der Waals surface area contributed by atoms with Gasteiger partial charge in [-0.3, -0.25) is 4.79 Å². The van der Waals surface area contributed by atoms with Gasteiger partial charge in [0.1, 0.15) is 5.75 Å². The van der Waals surface area contributed by atoms with E-state index in [0.29, 0.717) is 11.3 Å². The topological polar surface area (TPSA) is 61.6 Å². The van der Waals surface area contributed by atoms with Gasteiger partial charge in [0.2, 0.25) is 5.78 Å². The summed E-state index contributed by atoms with van der Waals surface area (Å²) < 4.78 is 10.3. The molecule has 84 valence electrons. The van der Waals surface area contributed by atoms with Crippen LogP contribution in [0.15, 0.2) is 30.1 Å². The summed E-state index contributed by atoms with van der Waals surface area (Å²) in [6, 6.07) is 7.19. The van der Waals surface area contributed by atoms with E-state index in [9.17, 15) is 4.79 Å². The van der Waals surface area contributed by atoms with Gasteiger partial charge in [-0.25, -0.2) is 0 Å².